The van der Waals surface area contributed by atoms with Crippen molar-refractivity contribution in [3.63, 3.8) is 0 Å². The molecule has 1 aromatic rings. The molecule has 1 rings (SSSR count). The number of hydrogen-bond donors (Lipinski definition) is 3. The topological polar surface area (TPSA) is 84.1 Å². The second kappa shape index (κ2) is 4.72. The Morgan fingerprint density at radius 1 is 1.22 bits per heavy atom. The van der Waals surface area contributed by atoms with E-state index >= 15 is 0 Å². The molecule has 0 saturated carbocycles. The monoisotopic (exact) mass is 252 g/mol. The maximum Gasteiger partial charge on any atom is 0.138 e. The van der Waals surface area contributed by atoms with Crippen molar-refractivity contribution in [2.45, 2.75) is 58.6 Å². The number of nitrogens with two attached hydrogens (primary N) is 1. The molecule has 0 bridgehead atoms. The predicted molar refractivity (Wildman–Crippen MR) is 74.5 cm³/mol. The fourth-order valence-electron chi connectivity index (χ4n) is 1.30. The van der Waals surface area contributed by atoms with E-state index in [9.17, 15) is 5.11 Å². The summed E-state index contributed by atoms with van der Waals surface area (Å²) in [4.78, 5) is 8.70. The van der Waals surface area contributed by atoms with Crippen LogP contribution in [0.4, 0.5) is 11.6 Å². The Labute approximate surface area is 109 Å². The molecular weight excluding hydrogens is 228 g/mol. The average molecular weight is 252 g/mol. The van der Waals surface area contributed by atoms with Crippen molar-refractivity contribution in [2.24, 2.45) is 0 Å². The highest BCUT2D eigenvalue weighted by Gasteiger charge is 2.25. The van der Waals surface area contributed by atoms with Crippen LogP contribution in [0.1, 0.15) is 47.4 Å². The quantitative estimate of drug-likeness (QED) is 0.765. The Morgan fingerprint density at radius 2 is 1.78 bits per heavy atom. The highest BCUT2D eigenvalue weighted by Crippen LogP contribution is 2.23. The largest absolute Gasteiger partial charge is 0.391 e. The molecule has 1 aromatic heterocycles. The number of nitrogens with one attached hydrogen (secondary N) is 1. The molecular formula is C13H24N4O. The van der Waals surface area contributed by atoms with Gasteiger partial charge in [-0.05, 0) is 20.8 Å². The molecule has 5 nitrogen and oxygen atoms in total. The maximum atomic E-state index is 9.70. The van der Waals surface area contributed by atoms with Gasteiger partial charge in [0.1, 0.15) is 17.5 Å². The number of aliphatic hydroxyl groups excluding tert-OH is 1. The summed E-state index contributed by atoms with van der Waals surface area (Å²) in [5.41, 5.74) is 5.16. The van der Waals surface area contributed by atoms with E-state index in [-0.39, 0.29) is 5.41 Å². The third-order valence-corrected chi connectivity index (χ3v) is 2.91. The van der Waals surface area contributed by atoms with Gasteiger partial charge < -0.3 is 16.2 Å². The van der Waals surface area contributed by atoms with E-state index in [4.69, 9.17) is 5.73 Å². The third kappa shape index (κ3) is 3.57. The van der Waals surface area contributed by atoms with E-state index < -0.39 is 11.6 Å². The fraction of sp³-hybridized carbons (Fsp3) is 0.692. The van der Waals surface area contributed by atoms with Gasteiger partial charge in [-0.15, -0.1) is 0 Å². The van der Waals surface area contributed by atoms with Gasteiger partial charge in [-0.2, -0.15) is 0 Å². The second-order valence-electron chi connectivity index (χ2n) is 6.27. The zero-order valence-electron chi connectivity index (χ0n) is 12.1. The van der Waals surface area contributed by atoms with Crippen LogP contribution in [0.2, 0.25) is 0 Å². The second-order valence-corrected chi connectivity index (χ2v) is 6.27. The van der Waals surface area contributed by atoms with Gasteiger partial charge in [-0.1, -0.05) is 20.8 Å². The van der Waals surface area contributed by atoms with Gasteiger partial charge in [0.05, 0.1) is 11.6 Å². The maximum absolute atomic E-state index is 9.70. The van der Waals surface area contributed by atoms with Gasteiger partial charge in [0.2, 0.25) is 0 Å². The lowest BCUT2D eigenvalue weighted by Gasteiger charge is -2.30. The summed E-state index contributed by atoms with van der Waals surface area (Å²) in [5, 5.41) is 12.9. The minimum Gasteiger partial charge on any atom is -0.391 e. The Kier molecular flexibility index (Phi) is 3.86. The van der Waals surface area contributed by atoms with Crippen LogP contribution in [0.25, 0.3) is 0 Å². The predicted octanol–water partition coefficient (Wildman–Crippen LogP) is 1.93. The fourth-order valence-corrected chi connectivity index (χ4v) is 1.30. The lowest BCUT2D eigenvalue weighted by Crippen LogP contribution is -2.42. The normalized spacial score (nSPS) is 14.4. The van der Waals surface area contributed by atoms with Crippen LogP contribution in [-0.4, -0.2) is 26.7 Å². The zero-order chi connectivity index (χ0) is 14.1. The molecule has 0 aliphatic heterocycles. The van der Waals surface area contributed by atoms with Gasteiger partial charge in [0.15, 0.2) is 0 Å². The van der Waals surface area contributed by atoms with Gasteiger partial charge in [-0.25, -0.2) is 9.97 Å². The molecule has 0 radical (unpaired) electrons. The van der Waals surface area contributed by atoms with Gasteiger partial charge in [-0.3, -0.25) is 0 Å². The number of rotatable bonds is 3. The summed E-state index contributed by atoms with van der Waals surface area (Å²) >= 11 is 0. The van der Waals surface area contributed by atoms with Crippen LogP contribution < -0.4 is 11.1 Å². The first kappa shape index (κ1) is 14.7. The first-order valence-corrected chi connectivity index (χ1v) is 6.13. The number of nitrogens with zero attached hydrogens (tertiary/aromatic N) is 2. The van der Waals surface area contributed by atoms with Crippen LogP contribution >= 0.6 is 0 Å². The van der Waals surface area contributed by atoms with Crippen molar-refractivity contribution < 1.29 is 5.11 Å². The summed E-state index contributed by atoms with van der Waals surface area (Å²) in [7, 11) is 0. The molecule has 5 heteroatoms. The van der Waals surface area contributed by atoms with Crippen LogP contribution in [-0.2, 0) is 5.41 Å². The average Bonchev–Trinajstić information content (AvgIpc) is 2.13. The molecule has 102 valence electrons. The summed E-state index contributed by atoms with van der Waals surface area (Å²) < 4.78 is 0. The number of aromatic nitrogens is 2. The summed E-state index contributed by atoms with van der Waals surface area (Å²) in [6.07, 6.45) is -0.508. The molecule has 0 fully saturated rings. The van der Waals surface area contributed by atoms with Crippen LogP contribution in [0, 0.1) is 0 Å². The highest BCUT2D eigenvalue weighted by molar-refractivity contribution is 5.47. The van der Waals surface area contributed by atoms with Crippen molar-refractivity contribution in [3.8, 4) is 0 Å². The highest BCUT2D eigenvalue weighted by atomic mass is 16.3. The smallest absolute Gasteiger partial charge is 0.138 e. The van der Waals surface area contributed by atoms with Crippen molar-refractivity contribution >= 4 is 11.6 Å². The lowest BCUT2D eigenvalue weighted by atomic mass is 9.95. The van der Waals surface area contributed by atoms with E-state index in [2.05, 4.69) is 15.3 Å². The zero-order valence-corrected chi connectivity index (χ0v) is 12.1. The summed E-state index contributed by atoms with van der Waals surface area (Å²) in [6, 6.07) is 1.68. The van der Waals surface area contributed by atoms with Gasteiger partial charge in [0.25, 0.3) is 0 Å². The van der Waals surface area contributed by atoms with Gasteiger partial charge >= 0.3 is 0 Å². The van der Waals surface area contributed by atoms with Crippen LogP contribution in [0.3, 0.4) is 0 Å². The number of aliphatic hydroxyl groups is 1. The summed E-state index contributed by atoms with van der Waals surface area (Å²) in [5.74, 6) is 1.75. The number of nitrogen functional groups attached to an aromatic ring is 1. The molecule has 0 saturated heterocycles. The molecule has 0 aliphatic rings. The minimum absolute atomic E-state index is 0.166. The Bertz CT molecular complexity index is 421. The van der Waals surface area contributed by atoms with E-state index in [0.29, 0.717) is 17.5 Å². The molecule has 4 N–H and O–H groups in total. The Morgan fingerprint density at radius 3 is 2.22 bits per heavy atom. The Hall–Kier alpha value is -1.36. The molecule has 0 aromatic carbocycles. The SMILES string of the molecule is CC(O)C(C)(C)Nc1cc(N)nc(C(C)(C)C)n1. The third-order valence-electron chi connectivity index (χ3n) is 2.91. The molecule has 18 heavy (non-hydrogen) atoms. The molecule has 0 aliphatic carbocycles. The molecule has 1 heterocycles. The van der Waals surface area contributed by atoms with Crippen LogP contribution in [0.15, 0.2) is 6.07 Å². The molecule has 0 amide bonds. The minimum atomic E-state index is -0.508. The molecule has 1 unspecified atom stereocenters. The lowest BCUT2D eigenvalue weighted by molar-refractivity contribution is 0.133. The standard InChI is InChI=1S/C13H24N4O/c1-8(18)13(5,6)17-10-7-9(14)15-11(16-10)12(2,3)4/h7-8,18H,1-6H3,(H3,14,15,16,17). The van der Waals surface area contributed by atoms with E-state index in [1.807, 2.05) is 34.6 Å². The first-order chi connectivity index (χ1) is 8.02. The van der Waals surface area contributed by atoms with E-state index in [1.54, 1.807) is 13.0 Å². The van der Waals surface area contributed by atoms with Crippen molar-refractivity contribution in [1.82, 2.24) is 9.97 Å². The number of anilines is 2. The van der Waals surface area contributed by atoms with Crippen molar-refractivity contribution in [1.29, 1.82) is 0 Å². The van der Waals surface area contributed by atoms with E-state index in [1.165, 1.54) is 0 Å². The van der Waals surface area contributed by atoms with Crippen molar-refractivity contribution in [2.75, 3.05) is 11.1 Å². The molecule has 1 atom stereocenters. The first-order valence-electron chi connectivity index (χ1n) is 6.13. The number of hydrogen-bond acceptors (Lipinski definition) is 5. The van der Waals surface area contributed by atoms with E-state index in [0.717, 1.165) is 0 Å². The van der Waals surface area contributed by atoms with Gasteiger partial charge in [0, 0.05) is 11.5 Å². The van der Waals surface area contributed by atoms with Crippen LogP contribution in [0.5, 0.6) is 0 Å². The summed E-state index contributed by atoms with van der Waals surface area (Å²) in [6.45, 7) is 11.7. The van der Waals surface area contributed by atoms with Crippen molar-refractivity contribution in [3.05, 3.63) is 11.9 Å². The molecule has 0 spiro atoms. The Balaban J connectivity index is 3.08.